The summed E-state index contributed by atoms with van der Waals surface area (Å²) in [4.78, 5) is 16.6. The van der Waals surface area contributed by atoms with Gasteiger partial charge < -0.3 is 5.73 Å². The Labute approximate surface area is 149 Å². The molecule has 0 aliphatic carbocycles. The first kappa shape index (κ1) is 16.5. The standard InChI is InChI=1S/C17H14Cl2N4O/c18-13-7-5-12(6-8-13)17(16(20)24,9-23-11-21-10-22-23)14-3-1-2-4-15(14)19/h1-8,10-11H,9H2,(H2,20,24). The highest BCUT2D eigenvalue weighted by molar-refractivity contribution is 6.32. The van der Waals surface area contributed by atoms with Crippen molar-refractivity contribution in [1.29, 1.82) is 0 Å². The number of hydrogen-bond donors (Lipinski definition) is 1. The maximum atomic E-state index is 12.7. The van der Waals surface area contributed by atoms with Crippen LogP contribution in [0.3, 0.4) is 0 Å². The van der Waals surface area contributed by atoms with Crippen LogP contribution in [-0.2, 0) is 16.8 Å². The van der Waals surface area contributed by atoms with Crippen LogP contribution < -0.4 is 5.73 Å². The van der Waals surface area contributed by atoms with Crippen LogP contribution in [0.15, 0.2) is 61.2 Å². The van der Waals surface area contributed by atoms with E-state index in [1.807, 2.05) is 6.07 Å². The van der Waals surface area contributed by atoms with Crippen LogP contribution in [0.5, 0.6) is 0 Å². The summed E-state index contributed by atoms with van der Waals surface area (Å²) in [6.07, 6.45) is 2.94. The highest BCUT2D eigenvalue weighted by Gasteiger charge is 2.42. The Balaban J connectivity index is 2.27. The van der Waals surface area contributed by atoms with Crippen molar-refractivity contribution in [3.05, 3.63) is 82.4 Å². The van der Waals surface area contributed by atoms with E-state index in [1.165, 1.54) is 12.7 Å². The fourth-order valence-electron chi connectivity index (χ4n) is 2.78. The number of halogens is 2. The SMILES string of the molecule is NC(=O)C(Cn1cncn1)(c1ccc(Cl)cc1)c1ccccc1Cl. The van der Waals surface area contributed by atoms with Crippen molar-refractivity contribution in [3.8, 4) is 0 Å². The molecule has 0 spiro atoms. The number of rotatable bonds is 5. The lowest BCUT2D eigenvalue weighted by atomic mass is 9.73. The number of carbonyl (C=O) groups is 1. The zero-order valence-corrected chi connectivity index (χ0v) is 14.1. The maximum absolute atomic E-state index is 12.7. The van der Waals surface area contributed by atoms with Gasteiger partial charge in [0.25, 0.3) is 0 Å². The Morgan fingerprint density at radius 3 is 2.42 bits per heavy atom. The number of amides is 1. The zero-order valence-electron chi connectivity index (χ0n) is 12.6. The molecule has 1 unspecified atom stereocenters. The molecule has 3 rings (SSSR count). The van der Waals surface area contributed by atoms with Crippen molar-refractivity contribution < 1.29 is 4.79 Å². The lowest BCUT2D eigenvalue weighted by molar-refractivity contribution is -0.122. The van der Waals surface area contributed by atoms with Gasteiger partial charge in [0.05, 0.1) is 6.54 Å². The summed E-state index contributed by atoms with van der Waals surface area (Å²) in [5, 5.41) is 5.13. The minimum atomic E-state index is -1.20. The van der Waals surface area contributed by atoms with Gasteiger partial charge in [-0.05, 0) is 29.3 Å². The molecule has 0 bridgehead atoms. The first-order valence-corrected chi connectivity index (χ1v) is 7.93. The third-order valence-corrected chi connectivity index (χ3v) is 4.54. The molecular weight excluding hydrogens is 347 g/mol. The summed E-state index contributed by atoms with van der Waals surface area (Å²) in [7, 11) is 0. The first-order chi connectivity index (χ1) is 11.5. The lowest BCUT2D eigenvalue weighted by Crippen LogP contribution is -2.46. The number of benzene rings is 2. The van der Waals surface area contributed by atoms with Gasteiger partial charge in [-0.15, -0.1) is 0 Å². The van der Waals surface area contributed by atoms with E-state index in [9.17, 15) is 4.79 Å². The van der Waals surface area contributed by atoms with Crippen molar-refractivity contribution in [1.82, 2.24) is 14.8 Å². The molecule has 122 valence electrons. The van der Waals surface area contributed by atoms with Gasteiger partial charge in [-0.2, -0.15) is 5.10 Å². The molecule has 24 heavy (non-hydrogen) atoms. The second-order valence-electron chi connectivity index (χ2n) is 5.35. The Hall–Kier alpha value is -2.37. The van der Waals surface area contributed by atoms with Crippen molar-refractivity contribution in [3.63, 3.8) is 0 Å². The molecule has 1 atom stereocenters. The van der Waals surface area contributed by atoms with E-state index < -0.39 is 11.3 Å². The number of carbonyl (C=O) groups excluding carboxylic acids is 1. The molecule has 7 heteroatoms. The van der Waals surface area contributed by atoms with E-state index in [0.29, 0.717) is 21.2 Å². The monoisotopic (exact) mass is 360 g/mol. The van der Waals surface area contributed by atoms with E-state index >= 15 is 0 Å². The summed E-state index contributed by atoms with van der Waals surface area (Å²) in [5.41, 5.74) is 5.96. The van der Waals surface area contributed by atoms with Crippen LogP contribution in [0.1, 0.15) is 11.1 Å². The van der Waals surface area contributed by atoms with Gasteiger partial charge in [-0.25, -0.2) is 4.98 Å². The van der Waals surface area contributed by atoms with Gasteiger partial charge in [0.1, 0.15) is 18.1 Å². The van der Waals surface area contributed by atoms with Crippen molar-refractivity contribution in [2.24, 2.45) is 5.73 Å². The molecular formula is C17H14Cl2N4O. The summed E-state index contributed by atoms with van der Waals surface area (Å²) < 4.78 is 1.56. The molecule has 1 heterocycles. The Bertz CT molecular complexity index is 849. The van der Waals surface area contributed by atoms with Crippen LogP contribution in [-0.4, -0.2) is 20.7 Å². The Morgan fingerprint density at radius 1 is 1.12 bits per heavy atom. The highest BCUT2D eigenvalue weighted by atomic mass is 35.5. The molecule has 0 aliphatic rings. The number of nitrogens with two attached hydrogens (primary N) is 1. The first-order valence-electron chi connectivity index (χ1n) is 7.17. The fourth-order valence-corrected chi connectivity index (χ4v) is 3.21. The molecule has 0 saturated carbocycles. The van der Waals surface area contributed by atoms with Gasteiger partial charge >= 0.3 is 0 Å². The van der Waals surface area contributed by atoms with E-state index in [4.69, 9.17) is 28.9 Å². The second-order valence-corrected chi connectivity index (χ2v) is 6.19. The molecule has 2 N–H and O–H groups in total. The van der Waals surface area contributed by atoms with Crippen LogP contribution in [0.4, 0.5) is 0 Å². The molecule has 3 aromatic rings. The third kappa shape index (κ3) is 2.88. The van der Waals surface area contributed by atoms with Gasteiger partial charge in [-0.3, -0.25) is 9.48 Å². The molecule has 1 amide bonds. The van der Waals surface area contributed by atoms with Gasteiger partial charge in [0.15, 0.2) is 0 Å². The number of primary amides is 1. The Morgan fingerprint density at radius 2 is 1.83 bits per heavy atom. The smallest absolute Gasteiger partial charge is 0.234 e. The van der Waals surface area contributed by atoms with Gasteiger partial charge in [0, 0.05) is 10.0 Å². The zero-order chi connectivity index (χ0) is 17.2. The molecule has 0 saturated heterocycles. The molecule has 0 radical (unpaired) electrons. The summed E-state index contributed by atoms with van der Waals surface area (Å²) in [5.74, 6) is -0.534. The summed E-state index contributed by atoms with van der Waals surface area (Å²) in [6.45, 7) is 0.174. The topological polar surface area (TPSA) is 73.8 Å². The average Bonchev–Trinajstić information content (AvgIpc) is 3.07. The summed E-state index contributed by atoms with van der Waals surface area (Å²) in [6, 6.07) is 14.1. The predicted octanol–water partition coefficient (Wildman–Crippen LogP) is 3.06. The van der Waals surface area contributed by atoms with Crippen LogP contribution in [0.2, 0.25) is 10.0 Å². The second kappa shape index (κ2) is 6.63. The number of hydrogen-bond acceptors (Lipinski definition) is 3. The number of aromatic nitrogens is 3. The maximum Gasteiger partial charge on any atom is 0.234 e. The van der Waals surface area contributed by atoms with Gasteiger partial charge in [-0.1, -0.05) is 53.5 Å². The normalized spacial score (nSPS) is 13.4. The van der Waals surface area contributed by atoms with E-state index in [1.54, 1.807) is 47.1 Å². The third-order valence-electron chi connectivity index (χ3n) is 3.96. The van der Waals surface area contributed by atoms with Crippen molar-refractivity contribution in [2.45, 2.75) is 12.0 Å². The molecule has 2 aromatic carbocycles. The quantitative estimate of drug-likeness (QED) is 0.759. The Kier molecular flexibility index (Phi) is 4.55. The van der Waals surface area contributed by atoms with Crippen molar-refractivity contribution >= 4 is 29.1 Å². The van der Waals surface area contributed by atoms with E-state index in [0.717, 1.165) is 0 Å². The highest BCUT2D eigenvalue weighted by Crippen LogP contribution is 2.38. The number of nitrogens with zero attached hydrogens (tertiary/aromatic N) is 3. The predicted molar refractivity (Wildman–Crippen MR) is 92.9 cm³/mol. The van der Waals surface area contributed by atoms with Crippen molar-refractivity contribution in [2.75, 3.05) is 0 Å². The fraction of sp³-hybridized carbons (Fsp3) is 0.118. The molecule has 5 nitrogen and oxygen atoms in total. The molecule has 0 fully saturated rings. The molecule has 1 aromatic heterocycles. The van der Waals surface area contributed by atoms with Crippen LogP contribution in [0, 0.1) is 0 Å². The van der Waals surface area contributed by atoms with Crippen LogP contribution >= 0.6 is 23.2 Å². The van der Waals surface area contributed by atoms with E-state index in [-0.39, 0.29) is 6.54 Å². The molecule has 0 aliphatic heterocycles. The lowest BCUT2D eigenvalue weighted by Gasteiger charge is -2.32. The van der Waals surface area contributed by atoms with Crippen LogP contribution in [0.25, 0.3) is 0 Å². The summed E-state index contributed by atoms with van der Waals surface area (Å²) >= 11 is 12.4. The minimum absolute atomic E-state index is 0.174. The van der Waals surface area contributed by atoms with Gasteiger partial charge in [0.2, 0.25) is 5.91 Å². The minimum Gasteiger partial charge on any atom is -0.369 e. The average molecular weight is 361 g/mol. The van der Waals surface area contributed by atoms with E-state index in [2.05, 4.69) is 10.1 Å². The largest absolute Gasteiger partial charge is 0.369 e.